The normalized spacial score (nSPS) is 19.1. The number of nitrogens with zero attached hydrogens (tertiary/aromatic N) is 1. The van der Waals surface area contributed by atoms with Gasteiger partial charge < -0.3 is 10.6 Å². The standard InChI is InChI=1S/C14H30N2/c1-4-16(10-13-6-5-7-13)11-14(9-15)8-12(2)3/h12-14H,4-11,15H2,1-3H3. The van der Waals surface area contributed by atoms with Crippen molar-refractivity contribution in [1.29, 1.82) is 0 Å². The SMILES string of the molecule is CCN(CC1CCC1)CC(CN)CC(C)C. The van der Waals surface area contributed by atoms with Crippen LogP contribution in [0.2, 0.25) is 0 Å². The lowest BCUT2D eigenvalue weighted by atomic mass is 9.85. The van der Waals surface area contributed by atoms with Crippen LogP contribution in [0.1, 0.15) is 46.5 Å². The van der Waals surface area contributed by atoms with E-state index in [0.29, 0.717) is 5.92 Å². The average Bonchev–Trinajstić information content (AvgIpc) is 2.19. The minimum absolute atomic E-state index is 0.694. The Morgan fingerprint density at radius 3 is 2.38 bits per heavy atom. The molecule has 0 spiro atoms. The molecule has 1 saturated carbocycles. The molecule has 1 fully saturated rings. The van der Waals surface area contributed by atoms with E-state index in [0.717, 1.165) is 18.4 Å². The molecule has 0 amide bonds. The summed E-state index contributed by atoms with van der Waals surface area (Å²) in [5, 5.41) is 0. The first kappa shape index (κ1) is 14.0. The highest BCUT2D eigenvalue weighted by Crippen LogP contribution is 2.27. The lowest BCUT2D eigenvalue weighted by Crippen LogP contribution is -2.38. The Morgan fingerprint density at radius 2 is 2.00 bits per heavy atom. The zero-order valence-corrected chi connectivity index (χ0v) is 11.4. The summed E-state index contributed by atoms with van der Waals surface area (Å²) in [6.45, 7) is 11.4. The van der Waals surface area contributed by atoms with Gasteiger partial charge in [-0.05, 0) is 50.1 Å². The van der Waals surface area contributed by atoms with Gasteiger partial charge in [0.05, 0.1) is 0 Å². The highest BCUT2D eigenvalue weighted by Gasteiger charge is 2.21. The highest BCUT2D eigenvalue weighted by molar-refractivity contribution is 4.75. The predicted octanol–water partition coefficient (Wildman–Crippen LogP) is 2.73. The van der Waals surface area contributed by atoms with Gasteiger partial charge in [-0.15, -0.1) is 0 Å². The lowest BCUT2D eigenvalue weighted by molar-refractivity contribution is 0.158. The van der Waals surface area contributed by atoms with Crippen molar-refractivity contribution in [2.24, 2.45) is 23.5 Å². The van der Waals surface area contributed by atoms with Crippen molar-refractivity contribution >= 4 is 0 Å². The number of nitrogens with two attached hydrogens (primary N) is 1. The first-order chi connectivity index (χ1) is 7.65. The Labute approximate surface area is 102 Å². The van der Waals surface area contributed by atoms with Crippen molar-refractivity contribution in [3.05, 3.63) is 0 Å². The minimum Gasteiger partial charge on any atom is -0.330 e. The topological polar surface area (TPSA) is 29.3 Å². The molecule has 2 N–H and O–H groups in total. The third-order valence-corrected chi connectivity index (χ3v) is 3.84. The molecule has 0 heterocycles. The van der Waals surface area contributed by atoms with Crippen LogP contribution in [-0.4, -0.2) is 31.1 Å². The summed E-state index contributed by atoms with van der Waals surface area (Å²) in [6, 6.07) is 0. The maximum atomic E-state index is 5.87. The van der Waals surface area contributed by atoms with E-state index in [9.17, 15) is 0 Å². The summed E-state index contributed by atoms with van der Waals surface area (Å²) in [5.41, 5.74) is 5.87. The van der Waals surface area contributed by atoms with E-state index in [2.05, 4.69) is 25.7 Å². The first-order valence-electron chi connectivity index (χ1n) is 7.08. The maximum absolute atomic E-state index is 5.87. The monoisotopic (exact) mass is 226 g/mol. The van der Waals surface area contributed by atoms with E-state index < -0.39 is 0 Å². The van der Waals surface area contributed by atoms with Gasteiger partial charge in [-0.1, -0.05) is 27.2 Å². The fourth-order valence-corrected chi connectivity index (χ4v) is 2.65. The van der Waals surface area contributed by atoms with Crippen molar-refractivity contribution < 1.29 is 0 Å². The molecule has 1 atom stereocenters. The molecule has 0 aliphatic heterocycles. The molecule has 2 nitrogen and oxygen atoms in total. The fourth-order valence-electron chi connectivity index (χ4n) is 2.65. The first-order valence-corrected chi connectivity index (χ1v) is 7.08. The van der Waals surface area contributed by atoms with Crippen molar-refractivity contribution in [3.63, 3.8) is 0 Å². The van der Waals surface area contributed by atoms with E-state index in [-0.39, 0.29) is 0 Å². The molecular weight excluding hydrogens is 196 g/mol. The smallest absolute Gasteiger partial charge is 0.00218 e. The second-order valence-corrected chi connectivity index (χ2v) is 5.88. The zero-order valence-electron chi connectivity index (χ0n) is 11.4. The van der Waals surface area contributed by atoms with Gasteiger partial charge in [0, 0.05) is 13.1 Å². The van der Waals surface area contributed by atoms with Crippen LogP contribution in [0.15, 0.2) is 0 Å². The molecule has 1 unspecified atom stereocenters. The van der Waals surface area contributed by atoms with Crippen LogP contribution in [-0.2, 0) is 0 Å². The van der Waals surface area contributed by atoms with Crippen molar-refractivity contribution in [3.8, 4) is 0 Å². The Kier molecular flexibility index (Phi) is 6.37. The van der Waals surface area contributed by atoms with Crippen LogP contribution in [0, 0.1) is 17.8 Å². The molecule has 0 aromatic rings. The molecule has 16 heavy (non-hydrogen) atoms. The van der Waals surface area contributed by atoms with E-state index in [1.54, 1.807) is 0 Å². The molecule has 0 aromatic carbocycles. The van der Waals surface area contributed by atoms with Gasteiger partial charge in [0.25, 0.3) is 0 Å². The van der Waals surface area contributed by atoms with Crippen molar-refractivity contribution in [1.82, 2.24) is 4.90 Å². The van der Waals surface area contributed by atoms with Crippen molar-refractivity contribution in [2.45, 2.75) is 46.5 Å². The lowest BCUT2D eigenvalue weighted by Gasteiger charge is -2.34. The largest absolute Gasteiger partial charge is 0.330 e. The minimum atomic E-state index is 0.694. The molecule has 1 aliphatic carbocycles. The molecule has 0 bridgehead atoms. The van der Waals surface area contributed by atoms with Gasteiger partial charge in [-0.2, -0.15) is 0 Å². The maximum Gasteiger partial charge on any atom is 0.00218 e. The van der Waals surface area contributed by atoms with Crippen LogP contribution >= 0.6 is 0 Å². The third kappa shape index (κ3) is 4.84. The van der Waals surface area contributed by atoms with E-state index in [1.807, 2.05) is 0 Å². The molecule has 0 saturated heterocycles. The Hall–Kier alpha value is -0.0800. The summed E-state index contributed by atoms with van der Waals surface area (Å²) in [7, 11) is 0. The Bertz CT molecular complexity index is 176. The molecule has 1 aliphatic rings. The Morgan fingerprint density at radius 1 is 1.31 bits per heavy atom. The molecule has 1 rings (SSSR count). The van der Waals surface area contributed by atoms with Crippen LogP contribution in [0.5, 0.6) is 0 Å². The van der Waals surface area contributed by atoms with E-state index in [4.69, 9.17) is 5.73 Å². The van der Waals surface area contributed by atoms with Gasteiger partial charge in [-0.25, -0.2) is 0 Å². The summed E-state index contributed by atoms with van der Waals surface area (Å²) in [4.78, 5) is 2.61. The van der Waals surface area contributed by atoms with Gasteiger partial charge in [0.2, 0.25) is 0 Å². The number of rotatable bonds is 8. The molecule has 2 heteroatoms. The molecule has 96 valence electrons. The zero-order chi connectivity index (χ0) is 12.0. The van der Waals surface area contributed by atoms with Gasteiger partial charge >= 0.3 is 0 Å². The van der Waals surface area contributed by atoms with Gasteiger partial charge in [-0.3, -0.25) is 0 Å². The van der Waals surface area contributed by atoms with E-state index in [1.165, 1.54) is 45.3 Å². The summed E-state index contributed by atoms with van der Waals surface area (Å²) in [6.07, 6.45) is 5.63. The quantitative estimate of drug-likeness (QED) is 0.689. The van der Waals surface area contributed by atoms with Gasteiger partial charge in [0.15, 0.2) is 0 Å². The second-order valence-electron chi connectivity index (χ2n) is 5.88. The number of hydrogen-bond acceptors (Lipinski definition) is 2. The summed E-state index contributed by atoms with van der Waals surface area (Å²) >= 11 is 0. The highest BCUT2D eigenvalue weighted by atomic mass is 15.1. The fraction of sp³-hybridized carbons (Fsp3) is 1.00. The molecular formula is C14H30N2. The van der Waals surface area contributed by atoms with Gasteiger partial charge in [0.1, 0.15) is 0 Å². The van der Waals surface area contributed by atoms with Crippen LogP contribution in [0.4, 0.5) is 0 Å². The summed E-state index contributed by atoms with van der Waals surface area (Å²) < 4.78 is 0. The van der Waals surface area contributed by atoms with Crippen molar-refractivity contribution in [2.75, 3.05) is 26.2 Å². The van der Waals surface area contributed by atoms with Crippen LogP contribution < -0.4 is 5.73 Å². The molecule has 0 aromatic heterocycles. The Balaban J connectivity index is 2.27. The van der Waals surface area contributed by atoms with E-state index >= 15 is 0 Å². The number of hydrogen-bond donors (Lipinski definition) is 1. The summed E-state index contributed by atoms with van der Waals surface area (Å²) in [5.74, 6) is 2.45. The van der Waals surface area contributed by atoms with Crippen LogP contribution in [0.25, 0.3) is 0 Å². The third-order valence-electron chi connectivity index (χ3n) is 3.84. The molecule has 0 radical (unpaired) electrons. The average molecular weight is 226 g/mol. The van der Waals surface area contributed by atoms with Crippen LogP contribution in [0.3, 0.4) is 0 Å². The second kappa shape index (κ2) is 7.29. The predicted molar refractivity (Wildman–Crippen MR) is 71.5 cm³/mol.